The molecular weight excluding hydrogens is 510 g/mol. The fraction of sp³-hybridized carbons (Fsp3) is 0.385. The van der Waals surface area contributed by atoms with E-state index in [2.05, 4.69) is 15.6 Å². The molecule has 3 heterocycles. The number of amides is 2. The summed E-state index contributed by atoms with van der Waals surface area (Å²) in [4.78, 5) is 42.3. The highest BCUT2D eigenvalue weighted by atomic mass is 32.2. The summed E-state index contributed by atoms with van der Waals surface area (Å²) < 4.78 is 27.2. The second-order valence-corrected chi connectivity index (χ2v) is 11.7. The van der Waals surface area contributed by atoms with E-state index in [0.29, 0.717) is 18.4 Å². The van der Waals surface area contributed by atoms with Gasteiger partial charge in [0.15, 0.2) is 12.0 Å². The van der Waals surface area contributed by atoms with Crippen molar-refractivity contribution in [1.29, 1.82) is 0 Å². The topological polar surface area (TPSA) is 155 Å². The van der Waals surface area contributed by atoms with Gasteiger partial charge in [0.2, 0.25) is 5.91 Å². The van der Waals surface area contributed by atoms with Gasteiger partial charge in [0.05, 0.1) is 12.6 Å². The standard InChI is InChI=1S/C26H31N5O6S/c1-17(2)14-22(29-25(33)19-8-9-20-18(15-19)10-11-27-20)26(34)28-21-6-5-12-30(16-23(21)32)38(36,37)24-7-3-4-13-31(24)35/h3-4,7-11,13,15,17,21-22,27H,5-6,12,14,16H2,1-2H3,(H,28,34)(H,29,33)/t21-,22-/m1/s1. The Morgan fingerprint density at radius 2 is 2.00 bits per heavy atom. The van der Waals surface area contributed by atoms with Gasteiger partial charge in [-0.3, -0.25) is 14.4 Å². The lowest BCUT2D eigenvalue weighted by Gasteiger charge is -2.23. The number of aromatic amines is 1. The Balaban J connectivity index is 1.45. The van der Waals surface area contributed by atoms with Gasteiger partial charge >= 0.3 is 15.0 Å². The molecule has 0 unspecified atom stereocenters. The molecule has 2 amide bonds. The molecule has 0 radical (unpaired) electrons. The Hall–Kier alpha value is -3.77. The molecular formula is C26H31N5O6S. The van der Waals surface area contributed by atoms with Gasteiger partial charge in [-0.05, 0) is 55.5 Å². The molecule has 2 aromatic heterocycles. The Labute approximate surface area is 220 Å². The van der Waals surface area contributed by atoms with Crippen molar-refractivity contribution in [1.82, 2.24) is 19.9 Å². The lowest BCUT2D eigenvalue weighted by molar-refractivity contribution is -0.646. The monoisotopic (exact) mass is 541 g/mol. The first-order valence-corrected chi connectivity index (χ1v) is 13.9. The van der Waals surface area contributed by atoms with Crippen molar-refractivity contribution in [2.75, 3.05) is 13.1 Å². The van der Waals surface area contributed by atoms with Crippen molar-refractivity contribution in [3.8, 4) is 0 Å². The minimum atomic E-state index is -4.20. The zero-order valence-electron chi connectivity index (χ0n) is 21.2. The van der Waals surface area contributed by atoms with Crippen LogP contribution in [0, 0.1) is 11.1 Å². The maximum atomic E-state index is 13.2. The molecule has 1 saturated heterocycles. The van der Waals surface area contributed by atoms with Crippen LogP contribution in [-0.4, -0.2) is 60.5 Å². The number of sulfonamides is 1. The van der Waals surface area contributed by atoms with Gasteiger partial charge in [0.25, 0.3) is 5.91 Å². The Kier molecular flexibility index (Phi) is 8.12. The van der Waals surface area contributed by atoms with Crippen LogP contribution in [0.5, 0.6) is 0 Å². The molecule has 2 atom stereocenters. The molecule has 0 spiro atoms. The van der Waals surface area contributed by atoms with Crippen LogP contribution in [0.15, 0.2) is 59.9 Å². The van der Waals surface area contributed by atoms with Crippen molar-refractivity contribution < 1.29 is 27.5 Å². The highest BCUT2D eigenvalue weighted by Gasteiger charge is 2.37. The number of fused-ring (bicyclic) bond motifs is 1. The molecule has 3 N–H and O–H groups in total. The van der Waals surface area contributed by atoms with E-state index in [1.165, 1.54) is 18.2 Å². The summed E-state index contributed by atoms with van der Waals surface area (Å²) in [6.45, 7) is 3.40. The minimum Gasteiger partial charge on any atom is -0.618 e. The van der Waals surface area contributed by atoms with Crippen molar-refractivity contribution in [3.63, 3.8) is 0 Å². The molecule has 202 valence electrons. The van der Waals surface area contributed by atoms with Gasteiger partial charge in [0.1, 0.15) is 6.04 Å². The summed E-state index contributed by atoms with van der Waals surface area (Å²) in [5.74, 6) is -1.33. The summed E-state index contributed by atoms with van der Waals surface area (Å²) in [6, 6.07) is 9.26. The number of carbonyl (C=O) groups excluding carboxylic acids is 3. The zero-order valence-corrected chi connectivity index (χ0v) is 22.0. The molecule has 1 aliphatic heterocycles. The predicted octanol–water partition coefficient (Wildman–Crippen LogP) is 1.48. The number of hydrogen-bond acceptors (Lipinski definition) is 6. The Bertz CT molecular complexity index is 1450. The molecule has 11 nitrogen and oxygen atoms in total. The van der Waals surface area contributed by atoms with E-state index in [4.69, 9.17) is 0 Å². The summed E-state index contributed by atoms with van der Waals surface area (Å²) in [6.07, 6.45) is 3.74. The number of rotatable bonds is 8. The lowest BCUT2D eigenvalue weighted by atomic mass is 10.0. The van der Waals surface area contributed by atoms with Gasteiger partial charge in [-0.15, -0.1) is 0 Å². The van der Waals surface area contributed by atoms with Crippen molar-refractivity contribution in [2.45, 2.75) is 50.2 Å². The fourth-order valence-electron chi connectivity index (χ4n) is 4.51. The normalized spacial score (nSPS) is 17.8. The number of ketones is 1. The molecule has 0 aliphatic carbocycles. The molecule has 1 aliphatic rings. The number of Topliss-reactive ketones (excluding diaryl/α,β-unsaturated/α-hetero) is 1. The van der Waals surface area contributed by atoms with E-state index in [1.807, 2.05) is 19.9 Å². The maximum Gasteiger partial charge on any atom is 0.323 e. The van der Waals surface area contributed by atoms with E-state index in [9.17, 15) is 28.0 Å². The van der Waals surface area contributed by atoms with Crippen LogP contribution in [0.2, 0.25) is 0 Å². The van der Waals surface area contributed by atoms with Crippen LogP contribution in [0.3, 0.4) is 0 Å². The molecule has 0 saturated carbocycles. The van der Waals surface area contributed by atoms with Gasteiger partial charge < -0.3 is 20.8 Å². The van der Waals surface area contributed by atoms with Crippen LogP contribution >= 0.6 is 0 Å². The second-order valence-electron chi connectivity index (χ2n) is 9.81. The van der Waals surface area contributed by atoms with Gasteiger partial charge in [-0.25, -0.2) is 8.42 Å². The summed E-state index contributed by atoms with van der Waals surface area (Å²) in [7, 11) is -4.20. The molecule has 38 heavy (non-hydrogen) atoms. The van der Waals surface area contributed by atoms with Crippen LogP contribution in [-0.2, 0) is 19.6 Å². The van der Waals surface area contributed by atoms with Gasteiger partial charge in [-0.2, -0.15) is 9.04 Å². The molecule has 0 bridgehead atoms. The van der Waals surface area contributed by atoms with Crippen LogP contribution in [0.1, 0.15) is 43.5 Å². The maximum absolute atomic E-state index is 13.2. The van der Waals surface area contributed by atoms with Crippen LogP contribution in [0.4, 0.5) is 0 Å². The number of H-pyrrole nitrogens is 1. The first-order chi connectivity index (χ1) is 18.1. The third-order valence-corrected chi connectivity index (χ3v) is 8.31. The number of nitrogens with zero attached hydrogens (tertiary/aromatic N) is 2. The average Bonchev–Trinajstić information content (AvgIpc) is 3.26. The highest BCUT2D eigenvalue weighted by Crippen LogP contribution is 2.18. The van der Waals surface area contributed by atoms with E-state index in [1.54, 1.807) is 24.4 Å². The number of pyridine rings is 1. The SMILES string of the molecule is CC(C)C[C@@H](NC(=O)c1ccc2[nH]ccc2c1)C(=O)N[C@@H]1CCCN(S(=O)(=O)c2cccc[n+]2[O-])CC1=O. The molecule has 4 rings (SSSR count). The summed E-state index contributed by atoms with van der Waals surface area (Å²) in [5, 5.41) is 17.9. The minimum absolute atomic E-state index is 0.0309. The predicted molar refractivity (Wildman–Crippen MR) is 139 cm³/mol. The average molecular weight is 542 g/mol. The third-order valence-electron chi connectivity index (χ3n) is 6.47. The fourth-order valence-corrected chi connectivity index (χ4v) is 5.98. The lowest BCUT2D eigenvalue weighted by Crippen LogP contribution is -2.52. The first-order valence-electron chi connectivity index (χ1n) is 12.5. The number of aromatic nitrogens is 2. The second kappa shape index (κ2) is 11.3. The third kappa shape index (κ3) is 6.03. The summed E-state index contributed by atoms with van der Waals surface area (Å²) >= 11 is 0. The van der Waals surface area contributed by atoms with E-state index < -0.39 is 51.3 Å². The summed E-state index contributed by atoms with van der Waals surface area (Å²) in [5.41, 5.74) is 1.29. The van der Waals surface area contributed by atoms with Crippen molar-refractivity contribution in [2.24, 2.45) is 5.92 Å². The molecule has 3 aromatic rings. The van der Waals surface area contributed by atoms with Crippen molar-refractivity contribution >= 4 is 38.5 Å². The van der Waals surface area contributed by atoms with E-state index in [0.717, 1.165) is 21.4 Å². The van der Waals surface area contributed by atoms with E-state index in [-0.39, 0.29) is 23.6 Å². The van der Waals surface area contributed by atoms with Crippen LogP contribution < -0.4 is 15.4 Å². The van der Waals surface area contributed by atoms with Gasteiger partial charge in [0, 0.05) is 41.3 Å². The van der Waals surface area contributed by atoms with Gasteiger partial charge in [-0.1, -0.05) is 13.8 Å². The number of carbonyl (C=O) groups is 3. The van der Waals surface area contributed by atoms with Crippen LogP contribution in [0.25, 0.3) is 10.9 Å². The first kappa shape index (κ1) is 27.3. The Morgan fingerprint density at radius 3 is 2.74 bits per heavy atom. The Morgan fingerprint density at radius 1 is 1.21 bits per heavy atom. The van der Waals surface area contributed by atoms with Crippen molar-refractivity contribution in [3.05, 3.63) is 65.6 Å². The number of benzene rings is 1. The molecule has 1 fully saturated rings. The molecule has 12 heteroatoms. The number of hydrogen-bond donors (Lipinski definition) is 3. The highest BCUT2D eigenvalue weighted by molar-refractivity contribution is 7.89. The quantitative estimate of drug-likeness (QED) is 0.290. The molecule has 1 aromatic carbocycles. The largest absolute Gasteiger partial charge is 0.618 e. The zero-order chi connectivity index (χ0) is 27.4. The number of nitrogens with one attached hydrogen (secondary N) is 3. The van der Waals surface area contributed by atoms with E-state index >= 15 is 0 Å². The smallest absolute Gasteiger partial charge is 0.323 e.